The van der Waals surface area contributed by atoms with Crippen molar-refractivity contribution in [3.63, 3.8) is 0 Å². The molecule has 0 saturated carbocycles. The van der Waals surface area contributed by atoms with Gasteiger partial charge in [-0.15, -0.1) is 0 Å². The Bertz CT molecular complexity index is 1170. The van der Waals surface area contributed by atoms with E-state index in [-0.39, 0.29) is 18.2 Å². The first-order chi connectivity index (χ1) is 16.5. The first-order valence-electron chi connectivity index (χ1n) is 10.9. The smallest absolute Gasteiger partial charge is 0.234 e. The second-order valence-electron chi connectivity index (χ2n) is 7.81. The van der Waals surface area contributed by atoms with Crippen molar-refractivity contribution in [2.24, 2.45) is 4.99 Å². The van der Waals surface area contributed by atoms with Gasteiger partial charge in [-0.25, -0.2) is 4.99 Å². The lowest BCUT2D eigenvalue weighted by Gasteiger charge is -2.32. The second kappa shape index (κ2) is 11.6. The lowest BCUT2D eigenvalue weighted by Crippen LogP contribution is -2.46. The van der Waals surface area contributed by atoms with Crippen LogP contribution < -0.4 is 5.32 Å². The fraction of sp³-hybridized carbons (Fsp3) is 0.192. The van der Waals surface area contributed by atoms with Gasteiger partial charge in [-0.05, 0) is 53.9 Å². The maximum absolute atomic E-state index is 13.1. The van der Waals surface area contributed by atoms with E-state index in [1.807, 2.05) is 42.5 Å². The molecule has 1 fully saturated rings. The van der Waals surface area contributed by atoms with Crippen molar-refractivity contribution < 1.29 is 9.59 Å². The molecule has 2 amide bonds. The predicted octanol–water partition coefficient (Wildman–Crippen LogP) is 5.87. The first kappa shape index (κ1) is 24.3. The summed E-state index contributed by atoms with van der Waals surface area (Å²) in [5, 5.41) is 4.14. The number of amides is 2. The van der Waals surface area contributed by atoms with E-state index in [0.717, 1.165) is 17.5 Å². The van der Waals surface area contributed by atoms with E-state index in [4.69, 9.17) is 23.2 Å². The highest BCUT2D eigenvalue weighted by atomic mass is 35.5. The molecule has 3 aromatic rings. The SMILES string of the molecule is O=C(NCCc1ccccc1)C1CC(=O)N(Cc2ccc(Cl)cc2)C(=Nc2ccc(Cl)cc2)S1. The summed E-state index contributed by atoms with van der Waals surface area (Å²) in [6.45, 7) is 0.851. The number of halogens is 2. The van der Waals surface area contributed by atoms with Crippen LogP contribution in [0.2, 0.25) is 10.0 Å². The first-order valence-corrected chi connectivity index (χ1v) is 12.5. The molecule has 1 unspecified atom stereocenters. The van der Waals surface area contributed by atoms with Gasteiger partial charge >= 0.3 is 0 Å². The van der Waals surface area contributed by atoms with Crippen LogP contribution in [0.1, 0.15) is 17.5 Å². The molecule has 4 rings (SSSR count). The van der Waals surface area contributed by atoms with Gasteiger partial charge in [-0.2, -0.15) is 0 Å². The normalized spacial score (nSPS) is 17.1. The van der Waals surface area contributed by atoms with E-state index in [9.17, 15) is 9.59 Å². The van der Waals surface area contributed by atoms with Crippen molar-refractivity contribution in [2.75, 3.05) is 6.54 Å². The molecule has 0 aromatic heterocycles. The van der Waals surface area contributed by atoms with Crippen molar-refractivity contribution in [3.05, 3.63) is 100 Å². The van der Waals surface area contributed by atoms with Crippen LogP contribution in [-0.4, -0.2) is 33.7 Å². The van der Waals surface area contributed by atoms with Gasteiger partial charge in [0.1, 0.15) is 0 Å². The molecule has 0 radical (unpaired) electrons. The van der Waals surface area contributed by atoms with Gasteiger partial charge in [0.05, 0.1) is 17.5 Å². The van der Waals surface area contributed by atoms with E-state index in [1.165, 1.54) is 11.8 Å². The van der Waals surface area contributed by atoms with Gasteiger partial charge < -0.3 is 5.32 Å². The third kappa shape index (κ3) is 6.63. The quantitative estimate of drug-likeness (QED) is 0.431. The molecular weight excluding hydrogens is 489 g/mol. The van der Waals surface area contributed by atoms with Gasteiger partial charge in [-0.3, -0.25) is 14.5 Å². The van der Waals surface area contributed by atoms with Crippen LogP contribution in [-0.2, 0) is 22.6 Å². The fourth-order valence-electron chi connectivity index (χ4n) is 3.48. The number of aliphatic imine (C=N–C) groups is 1. The predicted molar refractivity (Wildman–Crippen MR) is 140 cm³/mol. The number of amidine groups is 1. The molecule has 5 nitrogen and oxygen atoms in total. The summed E-state index contributed by atoms with van der Waals surface area (Å²) in [6, 6.07) is 24.3. The van der Waals surface area contributed by atoms with Crippen molar-refractivity contribution in [3.8, 4) is 0 Å². The monoisotopic (exact) mass is 511 g/mol. The maximum atomic E-state index is 13.1. The Kier molecular flexibility index (Phi) is 8.27. The summed E-state index contributed by atoms with van der Waals surface area (Å²) < 4.78 is 0. The minimum absolute atomic E-state index is 0.106. The maximum Gasteiger partial charge on any atom is 0.234 e. The van der Waals surface area contributed by atoms with Crippen LogP contribution in [0.15, 0.2) is 83.9 Å². The molecule has 1 N–H and O–H groups in total. The third-order valence-electron chi connectivity index (χ3n) is 5.29. The number of hydrogen-bond acceptors (Lipinski definition) is 4. The van der Waals surface area contributed by atoms with Crippen LogP contribution in [0.25, 0.3) is 0 Å². The molecule has 0 bridgehead atoms. The number of thioether (sulfide) groups is 1. The largest absolute Gasteiger partial charge is 0.355 e. The highest BCUT2D eigenvalue weighted by molar-refractivity contribution is 8.15. The number of carbonyl (C=O) groups is 2. The van der Waals surface area contributed by atoms with Crippen LogP contribution in [0.3, 0.4) is 0 Å². The number of rotatable bonds is 7. The molecule has 0 spiro atoms. The summed E-state index contributed by atoms with van der Waals surface area (Å²) in [5.74, 6) is -0.311. The highest BCUT2D eigenvalue weighted by Gasteiger charge is 2.35. The number of hydrogen-bond donors (Lipinski definition) is 1. The van der Waals surface area contributed by atoms with Gasteiger partial charge in [0, 0.05) is 23.0 Å². The molecule has 1 aliphatic heterocycles. The molecule has 34 heavy (non-hydrogen) atoms. The Morgan fingerprint density at radius 3 is 2.26 bits per heavy atom. The third-order valence-corrected chi connectivity index (χ3v) is 6.98. The molecule has 174 valence electrons. The minimum Gasteiger partial charge on any atom is -0.355 e. The van der Waals surface area contributed by atoms with Crippen molar-refractivity contribution in [1.82, 2.24) is 10.2 Å². The highest BCUT2D eigenvalue weighted by Crippen LogP contribution is 2.31. The lowest BCUT2D eigenvalue weighted by atomic mass is 10.1. The van der Waals surface area contributed by atoms with Crippen molar-refractivity contribution in [1.29, 1.82) is 0 Å². The topological polar surface area (TPSA) is 61.8 Å². The van der Waals surface area contributed by atoms with E-state index >= 15 is 0 Å². The molecule has 1 aliphatic rings. The van der Waals surface area contributed by atoms with Crippen LogP contribution in [0, 0.1) is 0 Å². The van der Waals surface area contributed by atoms with Crippen LogP contribution in [0.5, 0.6) is 0 Å². The summed E-state index contributed by atoms with van der Waals surface area (Å²) >= 11 is 13.3. The van der Waals surface area contributed by atoms with Crippen molar-refractivity contribution in [2.45, 2.75) is 24.6 Å². The number of nitrogens with zero attached hydrogens (tertiary/aromatic N) is 2. The second-order valence-corrected chi connectivity index (χ2v) is 9.86. The standard InChI is InChI=1S/C26H23Cl2N3O2S/c27-20-8-6-19(7-9-20)17-31-24(32)16-23(25(33)29-15-14-18-4-2-1-3-5-18)34-26(31)30-22-12-10-21(28)11-13-22/h1-13,23H,14-17H2,(H,29,33). The minimum atomic E-state index is -0.546. The van der Waals surface area contributed by atoms with Gasteiger partial charge in [0.2, 0.25) is 11.8 Å². The van der Waals surface area contributed by atoms with Gasteiger partial charge in [0.25, 0.3) is 0 Å². The number of benzene rings is 3. The van der Waals surface area contributed by atoms with E-state index in [0.29, 0.717) is 34.0 Å². The molecule has 3 aromatic carbocycles. The number of nitrogens with one attached hydrogen (secondary N) is 1. The molecular formula is C26H23Cl2N3O2S. The van der Waals surface area contributed by atoms with E-state index in [1.54, 1.807) is 41.3 Å². The molecule has 1 heterocycles. The zero-order chi connectivity index (χ0) is 23.9. The van der Waals surface area contributed by atoms with Crippen LogP contribution >= 0.6 is 35.0 Å². The molecule has 0 aliphatic carbocycles. The van der Waals surface area contributed by atoms with Gasteiger partial charge in [-0.1, -0.05) is 77.4 Å². The zero-order valence-corrected chi connectivity index (χ0v) is 20.6. The Morgan fingerprint density at radius 1 is 0.941 bits per heavy atom. The molecule has 1 atom stereocenters. The van der Waals surface area contributed by atoms with Crippen molar-refractivity contribution >= 4 is 57.6 Å². The van der Waals surface area contributed by atoms with Gasteiger partial charge in [0.15, 0.2) is 5.17 Å². The van der Waals surface area contributed by atoms with E-state index in [2.05, 4.69) is 10.3 Å². The fourth-order valence-corrected chi connectivity index (χ4v) is 4.86. The average molecular weight is 512 g/mol. The Labute approximate surface area is 213 Å². The Balaban J connectivity index is 1.49. The summed E-state index contributed by atoms with van der Waals surface area (Å²) in [5.41, 5.74) is 2.73. The zero-order valence-electron chi connectivity index (χ0n) is 18.3. The van der Waals surface area contributed by atoms with E-state index < -0.39 is 5.25 Å². The summed E-state index contributed by atoms with van der Waals surface area (Å²) in [7, 11) is 0. The Hall–Kier alpha value is -2.80. The average Bonchev–Trinajstić information content (AvgIpc) is 2.84. The Morgan fingerprint density at radius 2 is 1.59 bits per heavy atom. The lowest BCUT2D eigenvalue weighted by molar-refractivity contribution is -0.130. The summed E-state index contributed by atoms with van der Waals surface area (Å²) in [6.07, 6.45) is 0.835. The summed E-state index contributed by atoms with van der Waals surface area (Å²) in [4.78, 5) is 32.3. The number of carbonyl (C=O) groups excluding carboxylic acids is 2. The molecule has 8 heteroatoms. The molecule has 1 saturated heterocycles. The van der Waals surface area contributed by atoms with Crippen LogP contribution in [0.4, 0.5) is 5.69 Å².